The minimum Gasteiger partial charge on any atom is -0.545 e. The lowest BCUT2D eigenvalue weighted by molar-refractivity contribution is -0.255. The molecule has 3 rings (SSSR count). The van der Waals surface area contributed by atoms with Gasteiger partial charge in [-0.25, -0.2) is 4.99 Å². The highest BCUT2D eigenvalue weighted by atomic mass is 16.5. The molecule has 0 fully saturated rings. The van der Waals surface area contributed by atoms with Crippen LogP contribution in [0.4, 0.5) is 5.69 Å². The molecule has 8 heteroatoms. The Morgan fingerprint density at radius 1 is 1.03 bits per heavy atom. The number of carbonyl (C=O) groups is 3. The molecule has 30 heavy (non-hydrogen) atoms. The molecule has 8 nitrogen and oxygen atoms in total. The smallest absolute Gasteiger partial charge is 0.313 e. The maximum atomic E-state index is 12.8. The van der Waals surface area contributed by atoms with Gasteiger partial charge in [-0.3, -0.25) is 9.59 Å². The molecular weight excluding hydrogens is 388 g/mol. The largest absolute Gasteiger partial charge is 0.545 e. The number of benzene rings is 2. The molecule has 152 valence electrons. The monoisotopic (exact) mass is 405 g/mol. The first-order valence-corrected chi connectivity index (χ1v) is 8.87. The third kappa shape index (κ3) is 5.20. The number of rotatable bonds is 7. The number of aliphatic imine (C=N–C) groups is 1. The Bertz CT molecular complexity index is 1070. The van der Waals surface area contributed by atoms with Crippen LogP contribution in [0.15, 0.2) is 76.3 Å². The maximum Gasteiger partial charge on any atom is 0.313 e. The van der Waals surface area contributed by atoms with Gasteiger partial charge in [0.25, 0.3) is 5.91 Å². The van der Waals surface area contributed by atoms with E-state index < -0.39 is 17.8 Å². The van der Waals surface area contributed by atoms with Crippen molar-refractivity contribution in [3.05, 3.63) is 83.8 Å². The number of carboxylic acids is 1. The fourth-order valence-electron chi connectivity index (χ4n) is 2.58. The van der Waals surface area contributed by atoms with Crippen LogP contribution in [-0.4, -0.2) is 30.6 Å². The fraction of sp³-hybridized carbons (Fsp3) is 0.0909. The minimum absolute atomic E-state index is 0.00772. The number of hydrogen-bond acceptors (Lipinski definition) is 6. The van der Waals surface area contributed by atoms with Gasteiger partial charge >= 0.3 is 5.91 Å². The van der Waals surface area contributed by atoms with Crippen LogP contribution >= 0.6 is 0 Å². The second kappa shape index (κ2) is 9.33. The van der Waals surface area contributed by atoms with Crippen molar-refractivity contribution in [1.29, 1.82) is 0 Å². The Hall–Kier alpha value is -4.20. The van der Waals surface area contributed by atoms with Crippen LogP contribution in [-0.2, 0) is 11.2 Å². The molecule has 3 aromatic rings. The molecule has 0 aliphatic carbocycles. The van der Waals surface area contributed by atoms with E-state index in [0.29, 0.717) is 11.4 Å². The summed E-state index contributed by atoms with van der Waals surface area (Å²) in [5.41, 5.74) is 1.03. The summed E-state index contributed by atoms with van der Waals surface area (Å²) in [6.45, 7) is 0. The molecular formula is C22H17N2O6-. The summed E-state index contributed by atoms with van der Waals surface area (Å²) in [6, 6.07) is 15.4. The predicted octanol–water partition coefficient (Wildman–Crippen LogP) is 2.11. The molecule has 0 aliphatic heterocycles. The number of carboxylic acid groups (broad SMARTS) is 1. The standard InChI is InChI=1S/C22H18N2O6/c1-29-17-10-4-14(5-11-17)13-18(24-21(26)19-3-2-12-30-19)20(25)23-16-8-6-15(7-9-16)22(27)28/h2-12H,13H2,1H3,(H,23,25)(H,27,28)/p-1. The van der Waals surface area contributed by atoms with Gasteiger partial charge in [0.05, 0.1) is 19.3 Å². The van der Waals surface area contributed by atoms with Crippen molar-refractivity contribution in [2.75, 3.05) is 12.4 Å². The van der Waals surface area contributed by atoms with Gasteiger partial charge in [0.15, 0.2) is 5.76 Å². The summed E-state index contributed by atoms with van der Waals surface area (Å²) < 4.78 is 10.2. The van der Waals surface area contributed by atoms with E-state index >= 15 is 0 Å². The van der Waals surface area contributed by atoms with Crippen LogP contribution in [0.3, 0.4) is 0 Å². The normalized spacial score (nSPS) is 11.0. The lowest BCUT2D eigenvalue weighted by atomic mass is 10.1. The molecule has 2 aromatic carbocycles. The Balaban J connectivity index is 1.84. The zero-order valence-electron chi connectivity index (χ0n) is 16.0. The maximum absolute atomic E-state index is 12.8. The second-order valence-corrected chi connectivity index (χ2v) is 6.18. The summed E-state index contributed by atoms with van der Waals surface area (Å²) in [4.78, 5) is 39.9. The van der Waals surface area contributed by atoms with Crippen molar-refractivity contribution in [2.24, 2.45) is 4.99 Å². The number of amides is 2. The molecule has 0 atom stereocenters. The van der Waals surface area contributed by atoms with Crippen LogP contribution in [0.5, 0.6) is 5.75 Å². The molecule has 2 amide bonds. The van der Waals surface area contributed by atoms with Crippen molar-refractivity contribution in [1.82, 2.24) is 0 Å². The van der Waals surface area contributed by atoms with Gasteiger partial charge in [-0.2, -0.15) is 0 Å². The van der Waals surface area contributed by atoms with E-state index in [-0.39, 0.29) is 23.5 Å². The van der Waals surface area contributed by atoms with Crippen LogP contribution < -0.4 is 15.2 Å². The summed E-state index contributed by atoms with van der Waals surface area (Å²) in [6.07, 6.45) is 1.42. The first kappa shape index (κ1) is 20.5. The number of carbonyl (C=O) groups excluding carboxylic acids is 3. The van der Waals surface area contributed by atoms with Gasteiger partial charge in [0.1, 0.15) is 11.5 Å². The highest BCUT2D eigenvalue weighted by Crippen LogP contribution is 2.14. The van der Waals surface area contributed by atoms with E-state index in [2.05, 4.69) is 10.3 Å². The SMILES string of the molecule is COc1ccc(CC(=NC(=O)c2ccco2)C(=O)Nc2ccc(C(=O)[O-])cc2)cc1. The zero-order valence-corrected chi connectivity index (χ0v) is 16.0. The van der Waals surface area contributed by atoms with E-state index in [9.17, 15) is 19.5 Å². The molecule has 0 saturated heterocycles. The highest BCUT2D eigenvalue weighted by Gasteiger charge is 2.17. The van der Waals surface area contributed by atoms with Gasteiger partial charge in [0, 0.05) is 12.1 Å². The lowest BCUT2D eigenvalue weighted by Gasteiger charge is -2.10. The topological polar surface area (TPSA) is 121 Å². The van der Waals surface area contributed by atoms with E-state index in [1.807, 2.05) is 0 Å². The van der Waals surface area contributed by atoms with Gasteiger partial charge in [-0.1, -0.05) is 24.3 Å². The van der Waals surface area contributed by atoms with Crippen molar-refractivity contribution < 1.29 is 28.6 Å². The van der Waals surface area contributed by atoms with Gasteiger partial charge in [-0.15, -0.1) is 0 Å². The number of aromatic carboxylic acids is 1. The van der Waals surface area contributed by atoms with Crippen molar-refractivity contribution in [3.8, 4) is 5.75 Å². The Kier molecular flexibility index (Phi) is 6.39. The first-order valence-electron chi connectivity index (χ1n) is 8.87. The van der Waals surface area contributed by atoms with Gasteiger partial charge in [-0.05, 0) is 47.5 Å². The summed E-state index contributed by atoms with van der Waals surface area (Å²) in [5, 5.41) is 13.5. The molecule has 0 saturated carbocycles. The molecule has 0 aliphatic rings. The molecule has 0 unspecified atom stereocenters. The molecule has 1 heterocycles. The van der Waals surface area contributed by atoms with Crippen LogP contribution in [0, 0.1) is 0 Å². The fourth-order valence-corrected chi connectivity index (χ4v) is 2.58. The quantitative estimate of drug-likeness (QED) is 0.601. The van der Waals surface area contributed by atoms with Crippen LogP contribution in [0.2, 0.25) is 0 Å². The molecule has 1 N–H and O–H groups in total. The zero-order chi connectivity index (χ0) is 21.5. The first-order chi connectivity index (χ1) is 14.5. The van der Waals surface area contributed by atoms with E-state index in [0.717, 1.165) is 5.56 Å². The van der Waals surface area contributed by atoms with Crippen molar-refractivity contribution >= 4 is 29.2 Å². The Labute approximate surface area is 171 Å². The Morgan fingerprint density at radius 2 is 1.73 bits per heavy atom. The third-order valence-electron chi connectivity index (χ3n) is 4.14. The van der Waals surface area contributed by atoms with Gasteiger partial charge in [0.2, 0.25) is 0 Å². The predicted molar refractivity (Wildman–Crippen MR) is 107 cm³/mol. The molecule has 1 aromatic heterocycles. The third-order valence-corrected chi connectivity index (χ3v) is 4.14. The summed E-state index contributed by atoms with van der Waals surface area (Å²) >= 11 is 0. The number of nitrogens with zero attached hydrogens (tertiary/aromatic N) is 1. The molecule has 0 radical (unpaired) electrons. The number of anilines is 1. The number of furan rings is 1. The minimum atomic E-state index is -1.32. The number of nitrogens with one attached hydrogen (secondary N) is 1. The average molecular weight is 405 g/mol. The van der Waals surface area contributed by atoms with E-state index in [1.54, 1.807) is 37.4 Å². The van der Waals surface area contributed by atoms with E-state index in [4.69, 9.17) is 9.15 Å². The summed E-state index contributed by atoms with van der Waals surface area (Å²) in [5.74, 6) is -1.95. The molecule has 0 bridgehead atoms. The Morgan fingerprint density at radius 3 is 2.30 bits per heavy atom. The summed E-state index contributed by atoms with van der Waals surface area (Å²) in [7, 11) is 1.54. The average Bonchev–Trinajstić information content (AvgIpc) is 3.29. The number of ether oxygens (including phenoxy) is 1. The molecule has 0 spiro atoms. The number of hydrogen-bond donors (Lipinski definition) is 1. The highest BCUT2D eigenvalue weighted by molar-refractivity contribution is 6.45. The van der Waals surface area contributed by atoms with E-state index in [1.165, 1.54) is 36.6 Å². The number of methoxy groups -OCH3 is 1. The van der Waals surface area contributed by atoms with Crippen molar-refractivity contribution in [2.45, 2.75) is 6.42 Å². The van der Waals surface area contributed by atoms with Gasteiger partial charge < -0.3 is 24.4 Å². The van der Waals surface area contributed by atoms with Crippen LogP contribution in [0.1, 0.15) is 26.5 Å². The van der Waals surface area contributed by atoms with Crippen molar-refractivity contribution in [3.63, 3.8) is 0 Å². The van der Waals surface area contributed by atoms with Crippen LogP contribution in [0.25, 0.3) is 0 Å². The lowest BCUT2D eigenvalue weighted by Crippen LogP contribution is -2.26. The second-order valence-electron chi connectivity index (χ2n) is 6.18.